The van der Waals surface area contributed by atoms with Crippen LogP contribution in [0.3, 0.4) is 0 Å². The van der Waals surface area contributed by atoms with E-state index in [2.05, 4.69) is 10.5 Å². The highest BCUT2D eigenvalue weighted by molar-refractivity contribution is 5.95. The van der Waals surface area contributed by atoms with Gasteiger partial charge in [-0.15, -0.1) is 0 Å². The van der Waals surface area contributed by atoms with Crippen LogP contribution in [-0.4, -0.2) is 25.8 Å². The Morgan fingerprint density at radius 1 is 0.967 bits per heavy atom. The Morgan fingerprint density at radius 2 is 1.70 bits per heavy atom. The molecule has 0 heterocycles. The van der Waals surface area contributed by atoms with Gasteiger partial charge in [-0.05, 0) is 55.0 Å². The molecular formula is C24H24N2O4. The fourth-order valence-electron chi connectivity index (χ4n) is 2.71. The molecule has 0 aliphatic carbocycles. The van der Waals surface area contributed by atoms with E-state index in [1.54, 1.807) is 43.5 Å². The Bertz CT molecular complexity index is 986. The number of carbonyl (C=O) groups is 1. The summed E-state index contributed by atoms with van der Waals surface area (Å²) in [7, 11) is 1.59. The normalized spacial score (nSPS) is 10.6. The number of hydrogen-bond donors (Lipinski definition) is 1. The molecule has 0 aromatic heterocycles. The molecule has 0 unspecified atom stereocenters. The van der Waals surface area contributed by atoms with Crippen LogP contribution in [0.5, 0.6) is 17.2 Å². The maximum Gasteiger partial charge on any atom is 0.271 e. The third-order valence-electron chi connectivity index (χ3n) is 4.25. The largest absolute Gasteiger partial charge is 0.497 e. The Hall–Kier alpha value is -3.80. The van der Waals surface area contributed by atoms with E-state index in [4.69, 9.17) is 14.2 Å². The number of hydrogen-bond acceptors (Lipinski definition) is 5. The number of methoxy groups -OCH3 is 1. The van der Waals surface area contributed by atoms with E-state index >= 15 is 0 Å². The summed E-state index contributed by atoms with van der Waals surface area (Å²) in [5, 5.41) is 4.04. The smallest absolute Gasteiger partial charge is 0.271 e. The maximum atomic E-state index is 12.3. The van der Waals surface area contributed by atoms with Crippen LogP contribution in [0.25, 0.3) is 0 Å². The average molecular weight is 404 g/mol. The Kier molecular flexibility index (Phi) is 7.44. The van der Waals surface area contributed by atoms with Crippen molar-refractivity contribution in [2.75, 3.05) is 13.7 Å². The third kappa shape index (κ3) is 5.85. The van der Waals surface area contributed by atoms with Crippen LogP contribution in [0, 0.1) is 0 Å². The molecule has 3 aromatic rings. The molecule has 0 spiro atoms. The Morgan fingerprint density at radius 3 is 2.40 bits per heavy atom. The minimum absolute atomic E-state index is 0.318. The summed E-state index contributed by atoms with van der Waals surface area (Å²) in [6, 6.07) is 22.2. The number of carbonyl (C=O) groups excluding carboxylic acids is 1. The van der Waals surface area contributed by atoms with Crippen molar-refractivity contribution in [3.63, 3.8) is 0 Å². The molecule has 0 aliphatic rings. The van der Waals surface area contributed by atoms with Crippen molar-refractivity contribution in [1.29, 1.82) is 0 Å². The van der Waals surface area contributed by atoms with Crippen LogP contribution in [-0.2, 0) is 6.61 Å². The molecule has 0 bridgehead atoms. The van der Waals surface area contributed by atoms with Gasteiger partial charge in [0.15, 0.2) is 0 Å². The summed E-state index contributed by atoms with van der Waals surface area (Å²) in [6.45, 7) is 2.90. The van der Waals surface area contributed by atoms with Gasteiger partial charge >= 0.3 is 0 Å². The lowest BCUT2D eigenvalue weighted by Crippen LogP contribution is -2.17. The summed E-state index contributed by atoms with van der Waals surface area (Å²) in [4.78, 5) is 12.3. The fraction of sp³-hybridized carbons (Fsp3) is 0.167. The maximum absolute atomic E-state index is 12.3. The summed E-state index contributed by atoms with van der Waals surface area (Å²) < 4.78 is 16.5. The van der Waals surface area contributed by atoms with Gasteiger partial charge in [0.1, 0.15) is 23.9 Å². The number of benzene rings is 3. The topological polar surface area (TPSA) is 69.2 Å². The van der Waals surface area contributed by atoms with Gasteiger partial charge in [0.25, 0.3) is 5.91 Å². The van der Waals surface area contributed by atoms with Crippen molar-refractivity contribution in [2.24, 2.45) is 5.10 Å². The quantitative estimate of drug-likeness (QED) is 0.423. The molecule has 0 saturated carbocycles. The second kappa shape index (κ2) is 10.7. The van der Waals surface area contributed by atoms with Crippen molar-refractivity contribution in [2.45, 2.75) is 13.5 Å². The van der Waals surface area contributed by atoms with Crippen LogP contribution < -0.4 is 19.6 Å². The van der Waals surface area contributed by atoms with Crippen LogP contribution in [0.4, 0.5) is 0 Å². The molecule has 0 atom stereocenters. The molecule has 6 nitrogen and oxygen atoms in total. The Labute approximate surface area is 176 Å². The van der Waals surface area contributed by atoms with Crippen LogP contribution >= 0.6 is 0 Å². The predicted octanol–water partition coefficient (Wildman–Crippen LogP) is 4.44. The van der Waals surface area contributed by atoms with Gasteiger partial charge in [0.2, 0.25) is 0 Å². The van der Waals surface area contributed by atoms with Crippen molar-refractivity contribution in [1.82, 2.24) is 5.43 Å². The zero-order valence-electron chi connectivity index (χ0n) is 17.0. The lowest BCUT2D eigenvalue weighted by atomic mass is 10.2. The number of nitrogens with zero attached hydrogens (tertiary/aromatic N) is 1. The standard InChI is InChI=1S/C24H24N2O4/c1-3-29-23-14-13-22(28-2)15-20(23)16-25-26-24(27)19-9-11-21(12-10-19)30-17-18-7-5-4-6-8-18/h4-16H,3,17H2,1-2H3,(H,26,27). The van der Waals surface area contributed by atoms with E-state index in [1.807, 2.05) is 43.3 Å². The molecule has 1 N–H and O–H groups in total. The van der Waals surface area contributed by atoms with E-state index in [0.717, 1.165) is 5.56 Å². The lowest BCUT2D eigenvalue weighted by Gasteiger charge is -2.09. The summed E-state index contributed by atoms with van der Waals surface area (Å²) >= 11 is 0. The zero-order valence-corrected chi connectivity index (χ0v) is 17.0. The highest BCUT2D eigenvalue weighted by atomic mass is 16.5. The molecule has 30 heavy (non-hydrogen) atoms. The first-order chi connectivity index (χ1) is 14.7. The SMILES string of the molecule is CCOc1ccc(OC)cc1C=NNC(=O)c1ccc(OCc2ccccc2)cc1. The third-order valence-corrected chi connectivity index (χ3v) is 4.25. The summed E-state index contributed by atoms with van der Waals surface area (Å²) in [5.41, 5.74) is 4.80. The zero-order chi connectivity index (χ0) is 21.2. The minimum Gasteiger partial charge on any atom is -0.497 e. The molecule has 0 radical (unpaired) electrons. The first-order valence-electron chi connectivity index (χ1n) is 9.60. The average Bonchev–Trinajstić information content (AvgIpc) is 2.79. The number of nitrogens with one attached hydrogen (secondary N) is 1. The highest BCUT2D eigenvalue weighted by Gasteiger charge is 2.06. The van der Waals surface area contributed by atoms with Gasteiger partial charge < -0.3 is 14.2 Å². The van der Waals surface area contributed by atoms with E-state index in [0.29, 0.717) is 41.6 Å². The van der Waals surface area contributed by atoms with E-state index in [9.17, 15) is 4.79 Å². The molecule has 154 valence electrons. The molecule has 6 heteroatoms. The number of hydrazone groups is 1. The molecule has 0 saturated heterocycles. The highest BCUT2D eigenvalue weighted by Crippen LogP contribution is 2.22. The molecule has 3 rings (SSSR count). The molecule has 0 fully saturated rings. The first kappa shape index (κ1) is 20.9. The predicted molar refractivity (Wildman–Crippen MR) is 116 cm³/mol. The van der Waals surface area contributed by atoms with E-state index < -0.39 is 0 Å². The fourth-order valence-corrected chi connectivity index (χ4v) is 2.71. The number of amides is 1. The van der Waals surface area contributed by atoms with Gasteiger partial charge in [-0.1, -0.05) is 30.3 Å². The number of ether oxygens (including phenoxy) is 3. The van der Waals surface area contributed by atoms with Crippen molar-refractivity contribution >= 4 is 12.1 Å². The second-order valence-electron chi connectivity index (χ2n) is 6.33. The van der Waals surface area contributed by atoms with Crippen molar-refractivity contribution in [3.8, 4) is 17.2 Å². The van der Waals surface area contributed by atoms with Gasteiger partial charge in [-0.3, -0.25) is 4.79 Å². The van der Waals surface area contributed by atoms with Crippen LogP contribution in [0.2, 0.25) is 0 Å². The van der Waals surface area contributed by atoms with Gasteiger partial charge in [-0.25, -0.2) is 5.43 Å². The molecule has 1 amide bonds. The monoisotopic (exact) mass is 404 g/mol. The van der Waals surface area contributed by atoms with Gasteiger partial charge in [0.05, 0.1) is 19.9 Å². The van der Waals surface area contributed by atoms with Crippen LogP contribution in [0.15, 0.2) is 77.9 Å². The van der Waals surface area contributed by atoms with E-state index in [-0.39, 0.29) is 5.91 Å². The molecular weight excluding hydrogens is 380 g/mol. The summed E-state index contributed by atoms with van der Waals surface area (Å²) in [6.07, 6.45) is 1.53. The second-order valence-corrected chi connectivity index (χ2v) is 6.33. The van der Waals surface area contributed by atoms with Crippen molar-refractivity contribution in [3.05, 3.63) is 89.5 Å². The van der Waals surface area contributed by atoms with E-state index in [1.165, 1.54) is 6.21 Å². The minimum atomic E-state index is -0.318. The number of rotatable bonds is 9. The van der Waals surface area contributed by atoms with Gasteiger partial charge in [-0.2, -0.15) is 5.10 Å². The Balaban J connectivity index is 1.58. The lowest BCUT2D eigenvalue weighted by molar-refractivity contribution is 0.0955. The van der Waals surface area contributed by atoms with Crippen LogP contribution in [0.1, 0.15) is 28.4 Å². The summed E-state index contributed by atoms with van der Waals surface area (Å²) in [5.74, 6) is 1.71. The van der Waals surface area contributed by atoms with Gasteiger partial charge in [0, 0.05) is 11.1 Å². The molecule has 3 aromatic carbocycles. The molecule has 0 aliphatic heterocycles. The first-order valence-corrected chi connectivity index (χ1v) is 9.60. The van der Waals surface area contributed by atoms with Crippen molar-refractivity contribution < 1.29 is 19.0 Å².